The summed E-state index contributed by atoms with van der Waals surface area (Å²) in [5.74, 6) is 0.197. The average molecular weight is 256 g/mol. The Labute approximate surface area is 90.5 Å². The molecule has 1 N–H and O–H groups in total. The molecule has 0 spiro atoms. The number of benzene rings is 1. The molecule has 4 heteroatoms. The van der Waals surface area contributed by atoms with Gasteiger partial charge in [0.1, 0.15) is 5.75 Å². The fraction of sp³-hybridized carbons (Fsp3) is 0.300. The molecule has 0 saturated carbocycles. The molecule has 2 rings (SSSR count). The highest BCUT2D eigenvalue weighted by atomic mass is 79.9. The van der Waals surface area contributed by atoms with Crippen LogP contribution in [0, 0.1) is 0 Å². The number of phenols is 1. The van der Waals surface area contributed by atoms with E-state index >= 15 is 0 Å². The first-order valence-electron chi connectivity index (χ1n) is 4.39. The molecule has 1 amide bonds. The van der Waals surface area contributed by atoms with Gasteiger partial charge in [-0.15, -0.1) is 0 Å². The summed E-state index contributed by atoms with van der Waals surface area (Å²) in [5, 5.41) is 9.50. The molecule has 1 aliphatic heterocycles. The average Bonchev–Trinajstić information content (AvgIpc) is 2.48. The maximum Gasteiger partial charge on any atom is 0.223 e. The van der Waals surface area contributed by atoms with Crippen molar-refractivity contribution in [1.29, 1.82) is 0 Å². The highest BCUT2D eigenvalue weighted by Gasteiger charge is 2.23. The maximum atomic E-state index is 11.2. The number of nitrogens with zero attached hydrogens (tertiary/aromatic N) is 1. The van der Waals surface area contributed by atoms with Crippen molar-refractivity contribution in [3.63, 3.8) is 0 Å². The van der Waals surface area contributed by atoms with Crippen LogP contribution in [0.3, 0.4) is 0 Å². The molecular formula is C10H10BrNO2. The van der Waals surface area contributed by atoms with E-state index in [1.54, 1.807) is 11.0 Å². The van der Waals surface area contributed by atoms with Gasteiger partial charge in [0.25, 0.3) is 0 Å². The van der Waals surface area contributed by atoms with E-state index in [0.29, 0.717) is 11.0 Å². The lowest BCUT2D eigenvalue weighted by molar-refractivity contribution is -0.116. The second-order valence-corrected chi connectivity index (χ2v) is 4.21. The Bertz CT molecular complexity index is 403. The zero-order valence-electron chi connectivity index (χ0n) is 7.75. The standard InChI is InChI=1S/C10H10BrNO2/c1-6(13)12-3-2-7-4-8(11)10(14)5-9(7)12/h4-5,14H,2-3H2,1H3. The Morgan fingerprint density at radius 1 is 1.57 bits per heavy atom. The lowest BCUT2D eigenvalue weighted by atomic mass is 10.1. The summed E-state index contributed by atoms with van der Waals surface area (Å²) in [6.07, 6.45) is 0.855. The second kappa shape index (κ2) is 3.28. The summed E-state index contributed by atoms with van der Waals surface area (Å²) < 4.78 is 0.682. The monoisotopic (exact) mass is 255 g/mol. The molecule has 0 radical (unpaired) electrons. The third kappa shape index (κ3) is 1.39. The third-order valence-electron chi connectivity index (χ3n) is 2.42. The fourth-order valence-corrected chi connectivity index (χ4v) is 2.11. The molecule has 0 bridgehead atoms. The molecule has 1 aromatic carbocycles. The van der Waals surface area contributed by atoms with Gasteiger partial charge in [0.05, 0.1) is 10.2 Å². The van der Waals surface area contributed by atoms with Crippen LogP contribution in [0.25, 0.3) is 0 Å². The summed E-state index contributed by atoms with van der Waals surface area (Å²) in [6.45, 7) is 2.24. The molecule has 0 fully saturated rings. The molecular weight excluding hydrogens is 246 g/mol. The first-order valence-corrected chi connectivity index (χ1v) is 5.18. The molecule has 3 nitrogen and oxygen atoms in total. The summed E-state index contributed by atoms with van der Waals surface area (Å²) in [6, 6.07) is 3.50. The van der Waals surface area contributed by atoms with Gasteiger partial charge in [0, 0.05) is 19.5 Å². The van der Waals surface area contributed by atoms with Crippen molar-refractivity contribution < 1.29 is 9.90 Å². The SMILES string of the molecule is CC(=O)N1CCc2cc(Br)c(O)cc21. The van der Waals surface area contributed by atoms with Crippen molar-refractivity contribution in [3.05, 3.63) is 22.2 Å². The van der Waals surface area contributed by atoms with Crippen LogP contribution in [-0.2, 0) is 11.2 Å². The molecule has 0 aliphatic carbocycles. The highest BCUT2D eigenvalue weighted by Crippen LogP contribution is 2.36. The zero-order valence-corrected chi connectivity index (χ0v) is 9.34. The summed E-state index contributed by atoms with van der Waals surface area (Å²) in [5.41, 5.74) is 1.93. The molecule has 1 aliphatic rings. The van der Waals surface area contributed by atoms with Crippen molar-refractivity contribution in [1.82, 2.24) is 0 Å². The molecule has 1 heterocycles. The van der Waals surface area contributed by atoms with E-state index in [0.717, 1.165) is 17.7 Å². The minimum absolute atomic E-state index is 0.0190. The van der Waals surface area contributed by atoms with Crippen LogP contribution in [0.2, 0.25) is 0 Å². The summed E-state index contributed by atoms with van der Waals surface area (Å²) in [4.78, 5) is 12.9. The number of rotatable bonds is 0. The lowest BCUT2D eigenvalue weighted by Crippen LogP contribution is -2.25. The van der Waals surface area contributed by atoms with Gasteiger partial charge >= 0.3 is 0 Å². The number of hydrogen-bond donors (Lipinski definition) is 1. The van der Waals surface area contributed by atoms with Gasteiger partial charge in [-0.1, -0.05) is 0 Å². The van der Waals surface area contributed by atoms with E-state index in [1.807, 2.05) is 6.07 Å². The number of carbonyl (C=O) groups is 1. The van der Waals surface area contributed by atoms with Gasteiger partial charge in [-0.05, 0) is 34.0 Å². The Morgan fingerprint density at radius 2 is 2.29 bits per heavy atom. The van der Waals surface area contributed by atoms with Crippen molar-refractivity contribution >= 4 is 27.5 Å². The molecule has 0 saturated heterocycles. The fourth-order valence-electron chi connectivity index (χ4n) is 1.72. The minimum atomic E-state index is 0.0190. The minimum Gasteiger partial charge on any atom is -0.507 e. The Morgan fingerprint density at radius 3 is 2.93 bits per heavy atom. The summed E-state index contributed by atoms with van der Waals surface area (Å²) in [7, 11) is 0. The topological polar surface area (TPSA) is 40.5 Å². The van der Waals surface area contributed by atoms with Crippen LogP contribution in [0.5, 0.6) is 5.75 Å². The number of halogens is 1. The van der Waals surface area contributed by atoms with Crippen molar-refractivity contribution in [2.45, 2.75) is 13.3 Å². The van der Waals surface area contributed by atoms with E-state index in [9.17, 15) is 9.90 Å². The first kappa shape index (κ1) is 9.52. The van der Waals surface area contributed by atoms with Crippen LogP contribution < -0.4 is 4.90 Å². The van der Waals surface area contributed by atoms with Gasteiger partial charge in [-0.2, -0.15) is 0 Å². The smallest absolute Gasteiger partial charge is 0.223 e. The van der Waals surface area contributed by atoms with Gasteiger partial charge in [0.2, 0.25) is 5.91 Å². The predicted molar refractivity (Wildman–Crippen MR) is 57.5 cm³/mol. The lowest BCUT2D eigenvalue weighted by Gasteiger charge is -2.14. The Balaban J connectivity index is 2.50. The van der Waals surface area contributed by atoms with Crippen LogP contribution >= 0.6 is 15.9 Å². The van der Waals surface area contributed by atoms with Crippen LogP contribution in [0.15, 0.2) is 16.6 Å². The Kier molecular flexibility index (Phi) is 2.23. The number of carbonyl (C=O) groups excluding carboxylic acids is 1. The van der Waals surface area contributed by atoms with Crippen molar-refractivity contribution in [2.24, 2.45) is 0 Å². The van der Waals surface area contributed by atoms with Gasteiger partial charge in [0.15, 0.2) is 0 Å². The molecule has 74 valence electrons. The normalized spacial score (nSPS) is 14.3. The van der Waals surface area contributed by atoms with Crippen molar-refractivity contribution in [3.8, 4) is 5.75 Å². The van der Waals surface area contributed by atoms with E-state index in [1.165, 1.54) is 6.92 Å². The van der Waals surface area contributed by atoms with E-state index in [2.05, 4.69) is 15.9 Å². The van der Waals surface area contributed by atoms with Crippen molar-refractivity contribution in [2.75, 3.05) is 11.4 Å². The number of aromatic hydroxyl groups is 1. The second-order valence-electron chi connectivity index (χ2n) is 3.35. The van der Waals surface area contributed by atoms with Crippen LogP contribution in [-0.4, -0.2) is 17.6 Å². The third-order valence-corrected chi connectivity index (χ3v) is 3.06. The number of anilines is 1. The highest BCUT2D eigenvalue weighted by molar-refractivity contribution is 9.10. The molecule has 14 heavy (non-hydrogen) atoms. The van der Waals surface area contributed by atoms with E-state index in [-0.39, 0.29) is 11.7 Å². The maximum absolute atomic E-state index is 11.2. The van der Waals surface area contributed by atoms with E-state index < -0.39 is 0 Å². The Hall–Kier alpha value is -1.03. The number of phenolic OH excluding ortho intramolecular Hbond substituents is 1. The predicted octanol–water partition coefficient (Wildman–Crippen LogP) is 2.06. The largest absolute Gasteiger partial charge is 0.507 e. The molecule has 0 atom stereocenters. The number of hydrogen-bond acceptors (Lipinski definition) is 2. The molecule has 0 unspecified atom stereocenters. The van der Waals surface area contributed by atoms with Crippen LogP contribution in [0.4, 0.5) is 5.69 Å². The van der Waals surface area contributed by atoms with Gasteiger partial charge in [-0.25, -0.2) is 0 Å². The zero-order chi connectivity index (χ0) is 10.3. The van der Waals surface area contributed by atoms with E-state index in [4.69, 9.17) is 0 Å². The number of amides is 1. The summed E-state index contributed by atoms with van der Waals surface area (Å²) >= 11 is 3.25. The molecule has 1 aromatic rings. The molecule has 0 aromatic heterocycles. The van der Waals surface area contributed by atoms with Crippen LogP contribution in [0.1, 0.15) is 12.5 Å². The van der Waals surface area contributed by atoms with Gasteiger partial charge < -0.3 is 10.0 Å². The number of fused-ring (bicyclic) bond motifs is 1. The quantitative estimate of drug-likeness (QED) is 0.771. The first-order chi connectivity index (χ1) is 6.59. The van der Waals surface area contributed by atoms with Gasteiger partial charge in [-0.3, -0.25) is 4.79 Å².